The van der Waals surface area contributed by atoms with Crippen LogP contribution in [0.2, 0.25) is 0 Å². The molecule has 3 heteroatoms. The molecular weight excluding hydrogens is 474 g/mol. The summed E-state index contributed by atoms with van der Waals surface area (Å²) in [4.78, 5) is 9.99. The van der Waals surface area contributed by atoms with Crippen molar-refractivity contribution in [2.24, 2.45) is 17.0 Å². The van der Waals surface area contributed by atoms with E-state index in [4.69, 9.17) is 9.98 Å². The van der Waals surface area contributed by atoms with Crippen LogP contribution in [0.5, 0.6) is 0 Å². The molecule has 0 aliphatic heterocycles. The van der Waals surface area contributed by atoms with E-state index in [2.05, 4.69) is 140 Å². The van der Waals surface area contributed by atoms with Crippen LogP contribution in [-0.4, -0.2) is 16.5 Å². The highest BCUT2D eigenvalue weighted by molar-refractivity contribution is 6.07. The Morgan fingerprint density at radius 3 is 1.69 bits per heavy atom. The maximum Gasteiger partial charge on any atom is 0.0712 e. The van der Waals surface area contributed by atoms with Crippen LogP contribution in [-0.2, 0) is 7.05 Å². The minimum atomic E-state index is 0.967. The Balaban J connectivity index is 1.24. The van der Waals surface area contributed by atoms with Gasteiger partial charge < -0.3 is 4.57 Å². The van der Waals surface area contributed by atoms with E-state index in [9.17, 15) is 0 Å². The zero-order valence-corrected chi connectivity index (χ0v) is 22.0. The van der Waals surface area contributed by atoms with E-state index < -0.39 is 0 Å². The second-order valence-electron chi connectivity index (χ2n) is 10.1. The van der Waals surface area contributed by atoms with Crippen molar-refractivity contribution < 1.29 is 0 Å². The first-order valence-corrected chi connectivity index (χ1v) is 13.2. The van der Waals surface area contributed by atoms with Gasteiger partial charge in [-0.1, -0.05) is 72.8 Å². The van der Waals surface area contributed by atoms with Crippen molar-refractivity contribution in [1.82, 2.24) is 4.57 Å². The van der Waals surface area contributed by atoms with E-state index >= 15 is 0 Å². The number of fused-ring (bicyclic) bond motifs is 4. The number of aromatic nitrogens is 1. The first-order valence-electron chi connectivity index (χ1n) is 13.2. The summed E-state index contributed by atoms with van der Waals surface area (Å²) in [6, 6.07) is 42.8. The van der Waals surface area contributed by atoms with Crippen molar-refractivity contribution >= 4 is 66.4 Å². The number of aliphatic imine (C=N–C) groups is 2. The minimum absolute atomic E-state index is 0.967. The highest BCUT2D eigenvalue weighted by atomic mass is 15.0. The van der Waals surface area contributed by atoms with Crippen molar-refractivity contribution in [1.29, 1.82) is 0 Å². The summed E-state index contributed by atoms with van der Waals surface area (Å²) in [6.45, 7) is 2.08. The molecule has 0 spiro atoms. The quantitative estimate of drug-likeness (QED) is 0.170. The molecule has 1 heterocycles. The van der Waals surface area contributed by atoms with Gasteiger partial charge in [-0.05, 0) is 87.8 Å². The summed E-state index contributed by atoms with van der Waals surface area (Å²) >= 11 is 0. The van der Waals surface area contributed by atoms with E-state index in [1.54, 1.807) is 0 Å². The van der Waals surface area contributed by atoms with Crippen molar-refractivity contribution in [3.05, 3.63) is 133 Å². The zero-order chi connectivity index (χ0) is 26.3. The Morgan fingerprint density at radius 2 is 1.08 bits per heavy atom. The van der Waals surface area contributed by atoms with Gasteiger partial charge in [0.1, 0.15) is 0 Å². The predicted octanol–water partition coefficient (Wildman–Crippen LogP) is 9.53. The fraction of sp³-hybridized carbons (Fsp3) is 0.0556. The van der Waals surface area contributed by atoms with Gasteiger partial charge in [0.05, 0.1) is 34.7 Å². The largest absolute Gasteiger partial charge is 0.342 e. The molecule has 0 saturated carbocycles. The van der Waals surface area contributed by atoms with E-state index in [1.807, 2.05) is 6.21 Å². The molecule has 0 bridgehead atoms. The standard InChI is InChI=1S/C36H27N3/c1-24(38-35-16-8-14-30-20-26-10-4-6-12-28(26)22-33(30)35)36-18-17-31(39(36)2)23-37-34-15-7-13-29-19-25-9-3-5-11-27(25)21-32(29)34/h3-23H,1-2H3. The van der Waals surface area contributed by atoms with Crippen molar-refractivity contribution in [2.45, 2.75) is 6.92 Å². The molecule has 7 aromatic rings. The van der Waals surface area contributed by atoms with Crippen molar-refractivity contribution in [3.63, 3.8) is 0 Å². The Hall–Kier alpha value is -5.02. The van der Waals surface area contributed by atoms with Crippen LogP contribution in [0.15, 0.2) is 131 Å². The van der Waals surface area contributed by atoms with Gasteiger partial charge in [-0.2, -0.15) is 0 Å². The van der Waals surface area contributed by atoms with E-state index in [1.165, 1.54) is 32.3 Å². The third-order valence-corrected chi connectivity index (χ3v) is 7.60. The van der Waals surface area contributed by atoms with Gasteiger partial charge in [-0.25, -0.2) is 0 Å². The van der Waals surface area contributed by atoms with Gasteiger partial charge in [0.25, 0.3) is 0 Å². The zero-order valence-electron chi connectivity index (χ0n) is 22.0. The van der Waals surface area contributed by atoms with Crippen LogP contribution in [0.1, 0.15) is 18.3 Å². The van der Waals surface area contributed by atoms with Gasteiger partial charge in [0.15, 0.2) is 0 Å². The van der Waals surface area contributed by atoms with Gasteiger partial charge in [0.2, 0.25) is 0 Å². The number of benzene rings is 6. The average molecular weight is 502 g/mol. The summed E-state index contributed by atoms with van der Waals surface area (Å²) in [5.74, 6) is 0. The third kappa shape index (κ3) is 4.18. The van der Waals surface area contributed by atoms with Crippen LogP contribution in [0.3, 0.4) is 0 Å². The molecule has 3 nitrogen and oxygen atoms in total. The van der Waals surface area contributed by atoms with Crippen LogP contribution in [0, 0.1) is 0 Å². The molecule has 0 radical (unpaired) electrons. The summed E-state index contributed by atoms with van der Waals surface area (Å²) < 4.78 is 2.16. The molecule has 39 heavy (non-hydrogen) atoms. The normalized spacial score (nSPS) is 12.4. The number of rotatable bonds is 4. The summed E-state index contributed by atoms with van der Waals surface area (Å²) in [6.07, 6.45) is 1.95. The maximum absolute atomic E-state index is 5.08. The van der Waals surface area contributed by atoms with E-state index in [0.29, 0.717) is 0 Å². The van der Waals surface area contributed by atoms with Gasteiger partial charge in [0, 0.05) is 17.8 Å². The predicted molar refractivity (Wildman–Crippen MR) is 167 cm³/mol. The van der Waals surface area contributed by atoms with E-state index in [0.717, 1.165) is 39.2 Å². The third-order valence-electron chi connectivity index (χ3n) is 7.60. The van der Waals surface area contributed by atoms with Gasteiger partial charge in [-0.15, -0.1) is 0 Å². The Morgan fingerprint density at radius 1 is 0.564 bits per heavy atom. The molecular formula is C36H27N3. The van der Waals surface area contributed by atoms with Crippen LogP contribution >= 0.6 is 0 Å². The second-order valence-corrected chi connectivity index (χ2v) is 10.1. The average Bonchev–Trinajstić information content (AvgIpc) is 3.34. The summed E-state index contributed by atoms with van der Waals surface area (Å²) in [5, 5.41) is 9.65. The fourth-order valence-electron chi connectivity index (χ4n) is 5.50. The molecule has 1 aromatic heterocycles. The van der Waals surface area contributed by atoms with Crippen molar-refractivity contribution in [3.8, 4) is 0 Å². The first kappa shape index (κ1) is 23.1. The van der Waals surface area contributed by atoms with Gasteiger partial charge in [-0.3, -0.25) is 9.98 Å². The lowest BCUT2D eigenvalue weighted by atomic mass is 10.0. The topological polar surface area (TPSA) is 29.6 Å². The van der Waals surface area contributed by atoms with Crippen molar-refractivity contribution in [2.75, 3.05) is 0 Å². The molecule has 0 saturated heterocycles. The van der Waals surface area contributed by atoms with Crippen LogP contribution < -0.4 is 0 Å². The summed E-state index contributed by atoms with van der Waals surface area (Å²) in [5.41, 5.74) is 5.01. The van der Waals surface area contributed by atoms with E-state index in [-0.39, 0.29) is 0 Å². The fourth-order valence-corrected chi connectivity index (χ4v) is 5.50. The molecule has 0 amide bonds. The monoisotopic (exact) mass is 501 g/mol. The van der Waals surface area contributed by atoms with Crippen LogP contribution in [0.4, 0.5) is 11.4 Å². The number of nitrogens with zero attached hydrogens (tertiary/aromatic N) is 3. The lowest BCUT2D eigenvalue weighted by Gasteiger charge is -2.08. The maximum atomic E-state index is 5.08. The first-order chi connectivity index (χ1) is 19.1. The Labute approximate surface area is 227 Å². The lowest BCUT2D eigenvalue weighted by molar-refractivity contribution is 0.905. The SMILES string of the molecule is CC(=Nc1cccc2cc3ccccc3cc12)c1ccc(C=Nc2cccc3cc4ccccc4cc23)n1C. The molecule has 0 N–H and O–H groups in total. The Bertz CT molecular complexity index is 2090. The molecule has 0 fully saturated rings. The number of hydrogen-bond donors (Lipinski definition) is 0. The molecule has 186 valence electrons. The minimum Gasteiger partial charge on any atom is -0.342 e. The summed E-state index contributed by atoms with van der Waals surface area (Å²) in [7, 11) is 2.07. The molecule has 0 aliphatic carbocycles. The highest BCUT2D eigenvalue weighted by Gasteiger charge is 2.09. The lowest BCUT2D eigenvalue weighted by Crippen LogP contribution is -2.05. The second kappa shape index (κ2) is 9.38. The van der Waals surface area contributed by atoms with Crippen LogP contribution in [0.25, 0.3) is 43.1 Å². The molecule has 0 unspecified atom stereocenters. The Kier molecular flexibility index (Phi) is 5.56. The molecule has 7 rings (SSSR count). The molecule has 0 aliphatic rings. The smallest absolute Gasteiger partial charge is 0.0712 e. The van der Waals surface area contributed by atoms with Gasteiger partial charge >= 0.3 is 0 Å². The number of hydrogen-bond acceptors (Lipinski definition) is 2. The molecule has 0 atom stereocenters. The highest BCUT2D eigenvalue weighted by Crippen LogP contribution is 2.32. The molecule has 6 aromatic carbocycles.